The SMILES string of the molecule is CCOC(=O)[C@H](C(C)=O)[C@@H](C1=C(C)[C@H]([N+](=O)[O-])CS1(=O)=O)c1ccccc1. The van der Waals surface area contributed by atoms with E-state index in [9.17, 15) is 28.1 Å². The van der Waals surface area contributed by atoms with E-state index in [-0.39, 0.29) is 17.1 Å². The smallest absolute Gasteiger partial charge is 0.317 e. The molecular weight excluding hydrogens is 374 g/mol. The van der Waals surface area contributed by atoms with Crippen molar-refractivity contribution >= 4 is 21.6 Å². The number of Topliss-reactive ketones (excluding diaryl/α,β-unsaturated/α-hetero) is 1. The zero-order valence-corrected chi connectivity index (χ0v) is 16.1. The third kappa shape index (κ3) is 4.08. The number of allylic oxidation sites excluding steroid dienone is 1. The normalized spacial score (nSPS) is 20.8. The van der Waals surface area contributed by atoms with E-state index in [1.807, 2.05) is 0 Å². The number of rotatable bonds is 7. The van der Waals surface area contributed by atoms with Crippen LogP contribution < -0.4 is 0 Å². The van der Waals surface area contributed by atoms with Crippen molar-refractivity contribution in [2.24, 2.45) is 5.92 Å². The standard InChI is InChI=1S/C18H21NO7S/c1-4-26-18(21)15(12(3)20)16(13-8-6-5-7-9-13)17-11(2)14(19(22)23)10-27(17,24)25/h5-9,14-16H,4,10H2,1-3H3/t14-,15-,16+/m1/s1. The molecule has 1 aliphatic heterocycles. The Morgan fingerprint density at radius 1 is 1.30 bits per heavy atom. The van der Waals surface area contributed by atoms with Crippen LogP contribution in [0.5, 0.6) is 0 Å². The Kier molecular flexibility index (Phi) is 6.15. The molecule has 0 fully saturated rings. The molecule has 0 spiro atoms. The number of carbonyl (C=O) groups excluding carboxylic acids is 2. The zero-order valence-electron chi connectivity index (χ0n) is 15.2. The van der Waals surface area contributed by atoms with Crippen LogP contribution in [-0.4, -0.2) is 43.5 Å². The fourth-order valence-electron chi connectivity index (χ4n) is 3.41. The van der Waals surface area contributed by atoms with E-state index in [1.165, 1.54) is 13.8 Å². The minimum Gasteiger partial charge on any atom is -0.465 e. The van der Waals surface area contributed by atoms with Crippen molar-refractivity contribution in [2.75, 3.05) is 12.4 Å². The summed E-state index contributed by atoms with van der Waals surface area (Å²) in [5, 5.41) is 11.3. The average molecular weight is 395 g/mol. The van der Waals surface area contributed by atoms with Crippen molar-refractivity contribution in [3.63, 3.8) is 0 Å². The topological polar surface area (TPSA) is 121 Å². The summed E-state index contributed by atoms with van der Waals surface area (Å²) in [6.45, 7) is 4.14. The third-order valence-corrected chi connectivity index (χ3v) is 6.61. The van der Waals surface area contributed by atoms with E-state index in [4.69, 9.17) is 4.74 Å². The van der Waals surface area contributed by atoms with Crippen molar-refractivity contribution in [3.05, 3.63) is 56.5 Å². The molecule has 0 saturated heterocycles. The van der Waals surface area contributed by atoms with Gasteiger partial charge in [-0.25, -0.2) is 8.42 Å². The second-order valence-corrected chi connectivity index (χ2v) is 8.36. The van der Waals surface area contributed by atoms with Crippen LogP contribution in [0.15, 0.2) is 40.8 Å². The van der Waals surface area contributed by atoms with Gasteiger partial charge in [0.05, 0.1) is 11.5 Å². The van der Waals surface area contributed by atoms with Crippen LogP contribution in [0.1, 0.15) is 32.3 Å². The maximum atomic E-state index is 12.8. The molecule has 0 unspecified atom stereocenters. The van der Waals surface area contributed by atoms with Crippen molar-refractivity contribution < 1.29 is 27.7 Å². The molecule has 0 aliphatic carbocycles. The van der Waals surface area contributed by atoms with Crippen LogP contribution in [0.3, 0.4) is 0 Å². The van der Waals surface area contributed by atoms with Crippen LogP contribution in [0.2, 0.25) is 0 Å². The van der Waals surface area contributed by atoms with Crippen LogP contribution in [-0.2, 0) is 24.2 Å². The first-order valence-electron chi connectivity index (χ1n) is 8.40. The summed E-state index contributed by atoms with van der Waals surface area (Å²) in [7, 11) is -4.03. The molecule has 0 bridgehead atoms. The second-order valence-electron chi connectivity index (χ2n) is 6.36. The minimum absolute atomic E-state index is 0.0203. The molecule has 3 atom stereocenters. The Labute approximate surface area is 157 Å². The highest BCUT2D eigenvalue weighted by Gasteiger charge is 2.50. The van der Waals surface area contributed by atoms with Gasteiger partial charge in [0.15, 0.2) is 9.84 Å². The number of ether oxygens (including phenoxy) is 1. The third-order valence-electron chi connectivity index (χ3n) is 4.61. The van der Waals surface area contributed by atoms with Crippen molar-refractivity contribution in [1.82, 2.24) is 0 Å². The second kappa shape index (κ2) is 7.99. The molecule has 0 aromatic heterocycles. The lowest BCUT2D eigenvalue weighted by Crippen LogP contribution is -2.33. The predicted octanol–water partition coefficient (Wildman–Crippen LogP) is 1.89. The molecule has 8 nitrogen and oxygen atoms in total. The number of carbonyl (C=O) groups is 2. The molecule has 2 rings (SSSR count). The summed E-state index contributed by atoms with van der Waals surface area (Å²) in [6, 6.07) is 6.79. The molecule has 146 valence electrons. The van der Waals surface area contributed by atoms with Gasteiger partial charge in [0.2, 0.25) is 6.04 Å². The summed E-state index contributed by atoms with van der Waals surface area (Å²) < 4.78 is 30.6. The first-order valence-corrected chi connectivity index (χ1v) is 10.1. The van der Waals surface area contributed by atoms with Gasteiger partial charge in [-0.15, -0.1) is 0 Å². The number of ketones is 1. The van der Waals surface area contributed by atoms with Crippen LogP contribution in [0.25, 0.3) is 0 Å². The zero-order chi connectivity index (χ0) is 20.4. The summed E-state index contributed by atoms with van der Waals surface area (Å²) in [5.41, 5.74) is 0.456. The fraction of sp³-hybridized carbons (Fsp3) is 0.444. The van der Waals surface area contributed by atoms with E-state index in [0.717, 1.165) is 0 Å². The van der Waals surface area contributed by atoms with Gasteiger partial charge in [0.25, 0.3) is 0 Å². The van der Waals surface area contributed by atoms with Gasteiger partial charge in [-0.3, -0.25) is 19.7 Å². The fourth-order valence-corrected chi connectivity index (χ4v) is 5.67. The van der Waals surface area contributed by atoms with Gasteiger partial charge in [0, 0.05) is 16.4 Å². The molecule has 0 amide bonds. The largest absolute Gasteiger partial charge is 0.465 e. The Balaban J connectivity index is 2.75. The number of hydrogen-bond acceptors (Lipinski definition) is 7. The number of sulfone groups is 1. The summed E-state index contributed by atoms with van der Waals surface area (Å²) in [6.07, 6.45) is 0. The number of hydrogen-bond donors (Lipinski definition) is 0. The van der Waals surface area contributed by atoms with Crippen LogP contribution in [0, 0.1) is 16.0 Å². The van der Waals surface area contributed by atoms with Crippen molar-refractivity contribution in [1.29, 1.82) is 0 Å². The quantitative estimate of drug-likeness (QED) is 0.299. The van der Waals surface area contributed by atoms with Gasteiger partial charge in [-0.2, -0.15) is 0 Å². The lowest BCUT2D eigenvalue weighted by molar-refractivity contribution is -0.505. The Morgan fingerprint density at radius 2 is 1.89 bits per heavy atom. The maximum absolute atomic E-state index is 12.8. The molecule has 0 N–H and O–H groups in total. The van der Waals surface area contributed by atoms with Crippen molar-refractivity contribution in [2.45, 2.75) is 32.7 Å². The molecule has 0 saturated carbocycles. The Bertz CT molecular complexity index is 890. The number of nitrogens with zero attached hydrogens (tertiary/aromatic N) is 1. The molecule has 1 aliphatic rings. The highest BCUT2D eigenvalue weighted by Crippen LogP contribution is 2.43. The monoisotopic (exact) mass is 395 g/mol. The van der Waals surface area contributed by atoms with Gasteiger partial charge in [-0.1, -0.05) is 30.3 Å². The lowest BCUT2D eigenvalue weighted by atomic mass is 9.81. The highest BCUT2D eigenvalue weighted by atomic mass is 32.2. The number of nitro groups is 1. The lowest BCUT2D eigenvalue weighted by Gasteiger charge is -2.25. The number of esters is 1. The van der Waals surface area contributed by atoms with E-state index >= 15 is 0 Å². The van der Waals surface area contributed by atoms with Gasteiger partial charge in [-0.05, 0) is 26.3 Å². The van der Waals surface area contributed by atoms with Gasteiger partial charge in [0.1, 0.15) is 17.5 Å². The molecular formula is C18H21NO7S. The first-order chi connectivity index (χ1) is 12.6. The number of benzene rings is 1. The average Bonchev–Trinajstić information content (AvgIpc) is 2.83. The minimum atomic E-state index is -4.03. The molecule has 0 radical (unpaired) electrons. The van der Waals surface area contributed by atoms with Gasteiger partial charge >= 0.3 is 5.97 Å². The van der Waals surface area contributed by atoms with E-state index in [2.05, 4.69) is 0 Å². The van der Waals surface area contributed by atoms with Gasteiger partial charge < -0.3 is 4.74 Å². The summed E-state index contributed by atoms with van der Waals surface area (Å²) in [4.78, 5) is 35.2. The van der Waals surface area contributed by atoms with Crippen LogP contribution in [0.4, 0.5) is 0 Å². The summed E-state index contributed by atoms with van der Waals surface area (Å²) in [5.74, 6) is -4.67. The summed E-state index contributed by atoms with van der Waals surface area (Å²) >= 11 is 0. The van der Waals surface area contributed by atoms with Crippen LogP contribution >= 0.6 is 0 Å². The highest BCUT2D eigenvalue weighted by molar-refractivity contribution is 7.95. The van der Waals surface area contributed by atoms with E-state index in [1.54, 1.807) is 37.3 Å². The van der Waals surface area contributed by atoms with E-state index in [0.29, 0.717) is 5.56 Å². The first kappa shape index (κ1) is 20.8. The molecule has 27 heavy (non-hydrogen) atoms. The predicted molar refractivity (Wildman–Crippen MR) is 97.3 cm³/mol. The Morgan fingerprint density at radius 3 is 2.33 bits per heavy atom. The molecule has 1 aromatic rings. The van der Waals surface area contributed by atoms with E-state index < -0.39 is 50.1 Å². The Hall–Kier alpha value is -2.55. The van der Waals surface area contributed by atoms with Crippen molar-refractivity contribution in [3.8, 4) is 0 Å². The maximum Gasteiger partial charge on any atom is 0.317 e. The molecule has 1 heterocycles. The molecule has 9 heteroatoms. The molecule has 1 aromatic carbocycles.